The summed E-state index contributed by atoms with van der Waals surface area (Å²) in [6.07, 6.45) is 0.725. The summed E-state index contributed by atoms with van der Waals surface area (Å²) < 4.78 is 53.9. The number of hydrogen-bond acceptors (Lipinski definition) is 8. The van der Waals surface area contributed by atoms with E-state index in [1.54, 1.807) is 24.3 Å². The number of ether oxygens (including phenoxy) is 5. The van der Waals surface area contributed by atoms with Crippen molar-refractivity contribution in [3.63, 3.8) is 0 Å². The summed E-state index contributed by atoms with van der Waals surface area (Å²) in [7, 11) is 0. The van der Waals surface area contributed by atoms with Crippen LogP contribution in [0.4, 0.5) is 8.78 Å². The number of halogens is 4. The Morgan fingerprint density at radius 2 is 1.38 bits per heavy atom. The van der Waals surface area contributed by atoms with Crippen LogP contribution in [0.3, 0.4) is 0 Å². The minimum atomic E-state index is -0.616. The molecular weight excluding hydrogens is 682 g/mol. The van der Waals surface area contributed by atoms with Gasteiger partial charge in [0, 0.05) is 44.9 Å². The fourth-order valence-electron chi connectivity index (χ4n) is 4.45. The fraction of sp³-hybridized carbons (Fsp3) is 0.600. The van der Waals surface area contributed by atoms with E-state index in [4.69, 9.17) is 23.7 Å². The van der Waals surface area contributed by atoms with Crippen molar-refractivity contribution in [2.75, 3.05) is 52.5 Å². The van der Waals surface area contributed by atoms with Crippen LogP contribution in [-0.2, 0) is 14.2 Å². The van der Waals surface area contributed by atoms with E-state index in [1.165, 1.54) is 12.1 Å². The third-order valence-corrected chi connectivity index (χ3v) is 7.64. The number of aliphatic hydroxyl groups excluding tert-OH is 1. The van der Waals surface area contributed by atoms with Crippen LogP contribution in [0.25, 0.3) is 0 Å². The van der Waals surface area contributed by atoms with E-state index in [-0.39, 0.29) is 36.6 Å². The molecule has 0 spiro atoms. The van der Waals surface area contributed by atoms with Crippen LogP contribution in [0, 0.1) is 11.6 Å². The highest BCUT2D eigenvalue weighted by Crippen LogP contribution is 2.22. The number of morpholine rings is 2. The highest BCUT2D eigenvalue weighted by atomic mass is 79.9. The topological polar surface area (TPSA) is 85.0 Å². The Hall–Kier alpha value is -1.38. The molecule has 6 unspecified atom stereocenters. The molecule has 0 aliphatic carbocycles. The van der Waals surface area contributed by atoms with Crippen molar-refractivity contribution in [2.45, 2.75) is 64.3 Å². The number of epoxide rings is 1. The molecule has 5 rings (SSSR count). The second kappa shape index (κ2) is 17.8. The van der Waals surface area contributed by atoms with Crippen LogP contribution in [-0.4, -0.2) is 99.2 Å². The molecule has 2 N–H and O–H groups in total. The Kier molecular flexibility index (Phi) is 14.9. The van der Waals surface area contributed by atoms with Gasteiger partial charge in [0.15, 0.2) is 0 Å². The van der Waals surface area contributed by atoms with Crippen molar-refractivity contribution < 1.29 is 37.6 Å². The summed E-state index contributed by atoms with van der Waals surface area (Å²) in [6.45, 7) is 13.7. The van der Waals surface area contributed by atoms with Gasteiger partial charge in [0.2, 0.25) is 0 Å². The lowest BCUT2D eigenvalue weighted by Crippen LogP contribution is -2.48. The van der Waals surface area contributed by atoms with Gasteiger partial charge in [0.05, 0.1) is 40.0 Å². The molecule has 236 valence electrons. The van der Waals surface area contributed by atoms with Gasteiger partial charge in [-0.2, -0.15) is 0 Å². The zero-order valence-corrected chi connectivity index (χ0v) is 27.7. The summed E-state index contributed by atoms with van der Waals surface area (Å²) >= 11 is 6.15. The van der Waals surface area contributed by atoms with E-state index in [2.05, 4.69) is 55.9 Å². The van der Waals surface area contributed by atoms with Gasteiger partial charge < -0.3 is 34.1 Å². The molecule has 3 aliphatic heterocycles. The zero-order valence-electron chi connectivity index (χ0n) is 24.5. The number of rotatable bonds is 8. The highest BCUT2D eigenvalue weighted by Gasteiger charge is 2.24. The molecule has 3 fully saturated rings. The molecule has 0 saturated carbocycles. The Morgan fingerprint density at radius 1 is 0.881 bits per heavy atom. The first-order chi connectivity index (χ1) is 20.0. The summed E-state index contributed by atoms with van der Waals surface area (Å²) in [6, 6.07) is 9.25. The van der Waals surface area contributed by atoms with E-state index in [9.17, 15) is 13.9 Å². The van der Waals surface area contributed by atoms with E-state index < -0.39 is 6.10 Å². The van der Waals surface area contributed by atoms with E-state index in [0.29, 0.717) is 45.8 Å². The van der Waals surface area contributed by atoms with Gasteiger partial charge in [0.1, 0.15) is 48.6 Å². The average Bonchev–Trinajstić information content (AvgIpc) is 3.75. The Morgan fingerprint density at radius 3 is 1.83 bits per heavy atom. The third-order valence-electron chi connectivity index (χ3n) is 6.36. The molecule has 2 aromatic carbocycles. The molecule has 8 nitrogen and oxygen atoms in total. The first-order valence-electron chi connectivity index (χ1n) is 14.2. The fourth-order valence-corrected chi connectivity index (χ4v) is 4.94. The largest absolute Gasteiger partial charge is 0.491 e. The van der Waals surface area contributed by atoms with Gasteiger partial charge in [-0.25, -0.2) is 8.78 Å². The molecule has 2 aromatic rings. The Balaban J connectivity index is 0.000000194. The van der Waals surface area contributed by atoms with E-state index in [1.807, 2.05) is 13.8 Å². The SMILES string of the molecule is CC1CN(CC(O)COc2ccc(Br)c(F)c2)CC(C)O1.CC1CNCC(C)O1.Fc1cc(OCC2CO2)ccc1Br. The maximum Gasteiger partial charge on any atom is 0.141 e. The van der Waals surface area contributed by atoms with Crippen LogP contribution in [0.15, 0.2) is 45.3 Å². The third kappa shape index (κ3) is 13.5. The van der Waals surface area contributed by atoms with Gasteiger partial charge in [0.25, 0.3) is 0 Å². The first-order valence-corrected chi connectivity index (χ1v) is 15.8. The smallest absolute Gasteiger partial charge is 0.141 e. The minimum Gasteiger partial charge on any atom is -0.491 e. The van der Waals surface area contributed by atoms with Crippen molar-refractivity contribution in [3.8, 4) is 11.5 Å². The van der Waals surface area contributed by atoms with Crippen LogP contribution in [0.5, 0.6) is 11.5 Å². The van der Waals surface area contributed by atoms with Crippen LogP contribution < -0.4 is 14.8 Å². The lowest BCUT2D eigenvalue weighted by Gasteiger charge is -2.36. The van der Waals surface area contributed by atoms with Crippen LogP contribution >= 0.6 is 31.9 Å². The molecule has 3 aliphatic rings. The quantitative estimate of drug-likeness (QED) is 0.361. The molecule has 3 saturated heterocycles. The predicted molar refractivity (Wildman–Crippen MR) is 164 cm³/mol. The predicted octanol–water partition coefficient (Wildman–Crippen LogP) is 5.19. The van der Waals surface area contributed by atoms with Gasteiger partial charge in [-0.05, 0) is 83.8 Å². The van der Waals surface area contributed by atoms with Crippen molar-refractivity contribution in [2.24, 2.45) is 0 Å². The first kappa shape index (κ1) is 35.1. The molecule has 0 amide bonds. The number of nitrogens with one attached hydrogen (secondary N) is 1. The van der Waals surface area contributed by atoms with Crippen molar-refractivity contribution in [1.82, 2.24) is 10.2 Å². The number of β-amino-alcohol motifs (C(OH)–C–C–N with tert-alkyl or cyclic N) is 1. The summed E-state index contributed by atoms with van der Waals surface area (Å²) in [5, 5.41) is 13.3. The Bertz CT molecular complexity index is 1080. The van der Waals surface area contributed by atoms with Crippen LogP contribution in [0.1, 0.15) is 27.7 Å². The lowest BCUT2D eigenvalue weighted by molar-refractivity contribution is -0.0786. The minimum absolute atomic E-state index is 0.140. The molecular formula is C30H42Br2F2N2O6. The van der Waals surface area contributed by atoms with Gasteiger partial charge in [-0.3, -0.25) is 4.90 Å². The maximum absolute atomic E-state index is 13.4. The zero-order chi connectivity index (χ0) is 30.6. The molecule has 6 atom stereocenters. The number of nitrogens with zero attached hydrogens (tertiary/aromatic N) is 1. The molecule has 0 bridgehead atoms. The summed E-state index contributed by atoms with van der Waals surface area (Å²) in [4.78, 5) is 2.16. The molecule has 3 heterocycles. The molecule has 12 heteroatoms. The summed E-state index contributed by atoms with van der Waals surface area (Å²) in [5.74, 6) is 0.265. The van der Waals surface area contributed by atoms with Crippen molar-refractivity contribution in [1.29, 1.82) is 0 Å². The molecule has 42 heavy (non-hydrogen) atoms. The standard InChI is InChI=1S/C15H21BrFNO3.C9H8BrFO2.C6H13NO/c1-10-6-18(7-11(2)21-10)8-12(19)9-20-13-3-4-14(16)15(17)5-13;10-8-2-1-6(3-9(8)11)12-4-7-5-13-7;1-5-3-7-4-6(2)8-5/h3-5,10-12,19H,6-9H2,1-2H3;1-3,7H,4-5H2;5-7H,3-4H2,1-2H3. The molecule has 0 radical (unpaired) electrons. The van der Waals surface area contributed by atoms with Crippen molar-refractivity contribution in [3.05, 3.63) is 57.0 Å². The highest BCUT2D eigenvalue weighted by molar-refractivity contribution is 9.10. The monoisotopic (exact) mass is 722 g/mol. The van der Waals surface area contributed by atoms with Crippen molar-refractivity contribution >= 4 is 31.9 Å². The van der Waals surface area contributed by atoms with Gasteiger partial charge >= 0.3 is 0 Å². The normalized spacial score (nSPS) is 26.2. The number of hydrogen-bond donors (Lipinski definition) is 2. The van der Waals surface area contributed by atoms with E-state index in [0.717, 1.165) is 32.8 Å². The molecule has 0 aromatic heterocycles. The number of aliphatic hydroxyl groups is 1. The average molecular weight is 724 g/mol. The Labute approximate surface area is 264 Å². The van der Waals surface area contributed by atoms with E-state index >= 15 is 0 Å². The summed E-state index contributed by atoms with van der Waals surface area (Å²) in [5.41, 5.74) is 0. The van der Waals surface area contributed by atoms with Gasteiger partial charge in [-0.15, -0.1) is 0 Å². The second-order valence-corrected chi connectivity index (χ2v) is 12.5. The second-order valence-electron chi connectivity index (χ2n) is 10.8. The van der Waals surface area contributed by atoms with Gasteiger partial charge in [-0.1, -0.05) is 0 Å². The van der Waals surface area contributed by atoms with Crippen LogP contribution in [0.2, 0.25) is 0 Å². The maximum atomic E-state index is 13.4. The lowest BCUT2D eigenvalue weighted by atomic mass is 10.2. The number of benzene rings is 2.